The van der Waals surface area contributed by atoms with Crippen LogP contribution in [0, 0.1) is 0 Å². The van der Waals surface area contributed by atoms with E-state index in [1.54, 1.807) is 4.68 Å². The largest absolute Gasteiger partial charge is 0.368 e. The van der Waals surface area contributed by atoms with Gasteiger partial charge in [0.15, 0.2) is 0 Å². The predicted octanol–water partition coefficient (Wildman–Crippen LogP) is 1.72. The van der Waals surface area contributed by atoms with Crippen LogP contribution in [0.15, 0.2) is 24.3 Å². The fraction of sp³-hybridized carbons (Fsp3) is 0.357. The average molecular weight is 283 g/mol. The molecule has 0 unspecified atom stereocenters. The van der Waals surface area contributed by atoms with E-state index >= 15 is 0 Å². The summed E-state index contributed by atoms with van der Waals surface area (Å²) in [6, 6.07) is 7.85. The van der Waals surface area contributed by atoms with Crippen LogP contribution >= 0.6 is 0 Å². The predicted molar refractivity (Wildman–Crippen MR) is 81.5 cm³/mol. The van der Waals surface area contributed by atoms with Crippen LogP contribution in [0.3, 0.4) is 0 Å². The summed E-state index contributed by atoms with van der Waals surface area (Å²) in [7, 11) is 0. The smallest absolute Gasteiger partial charge is 0.247 e. The number of imidazole rings is 1. The topological polar surface area (TPSA) is 88.7 Å². The van der Waals surface area contributed by atoms with Crippen molar-refractivity contribution in [3.05, 3.63) is 24.3 Å². The number of hydrogen-bond acceptors (Lipinski definition) is 5. The highest BCUT2D eigenvalue weighted by Crippen LogP contribution is 2.20. The third-order valence-electron chi connectivity index (χ3n) is 3.84. The zero-order chi connectivity index (χ0) is 14.2. The summed E-state index contributed by atoms with van der Waals surface area (Å²) in [5.74, 6) is 1.65. The minimum absolute atomic E-state index is 0.356. The second-order valence-electron chi connectivity index (χ2n) is 5.31. The molecule has 108 valence electrons. The van der Waals surface area contributed by atoms with Crippen molar-refractivity contribution in [1.29, 1.82) is 0 Å². The van der Waals surface area contributed by atoms with Gasteiger partial charge in [0.25, 0.3) is 0 Å². The summed E-state index contributed by atoms with van der Waals surface area (Å²) >= 11 is 0. The number of rotatable bonds is 2. The number of benzene rings is 1. The van der Waals surface area contributed by atoms with Crippen molar-refractivity contribution in [3.63, 3.8) is 0 Å². The van der Waals surface area contributed by atoms with Crippen LogP contribution in [0.4, 0.5) is 11.9 Å². The van der Waals surface area contributed by atoms with Gasteiger partial charge in [-0.3, -0.25) is 0 Å². The molecule has 0 atom stereocenters. The number of H-pyrrole nitrogens is 1. The van der Waals surface area contributed by atoms with Crippen LogP contribution in [-0.4, -0.2) is 37.8 Å². The lowest BCUT2D eigenvalue weighted by Gasteiger charge is -2.24. The van der Waals surface area contributed by atoms with Gasteiger partial charge in [-0.05, 0) is 31.4 Å². The van der Waals surface area contributed by atoms with Crippen LogP contribution < -0.4 is 10.6 Å². The molecule has 21 heavy (non-hydrogen) atoms. The Bertz CT molecular complexity index is 734. The third kappa shape index (κ3) is 2.10. The van der Waals surface area contributed by atoms with Crippen molar-refractivity contribution in [2.24, 2.45) is 0 Å². The number of aromatic amines is 1. The molecule has 1 aliphatic rings. The van der Waals surface area contributed by atoms with Crippen molar-refractivity contribution < 1.29 is 0 Å². The zero-order valence-corrected chi connectivity index (χ0v) is 11.7. The Morgan fingerprint density at radius 1 is 1.05 bits per heavy atom. The molecule has 3 N–H and O–H groups in total. The minimum atomic E-state index is 0.356. The lowest BCUT2D eigenvalue weighted by molar-refractivity contribution is 0.567. The van der Waals surface area contributed by atoms with Gasteiger partial charge in [-0.15, -0.1) is 5.10 Å². The number of nitrogen functional groups attached to an aromatic ring is 1. The number of fused-ring (bicyclic) bond motifs is 1. The molecule has 3 aromatic rings. The van der Waals surface area contributed by atoms with Crippen molar-refractivity contribution in [2.75, 3.05) is 23.7 Å². The number of nitrogens with one attached hydrogen (secondary N) is 1. The van der Waals surface area contributed by atoms with Crippen molar-refractivity contribution in [1.82, 2.24) is 24.7 Å². The molecule has 3 heterocycles. The first kappa shape index (κ1) is 12.2. The monoisotopic (exact) mass is 283 g/mol. The number of anilines is 2. The van der Waals surface area contributed by atoms with Gasteiger partial charge in [-0.1, -0.05) is 12.1 Å². The van der Waals surface area contributed by atoms with Gasteiger partial charge in [-0.2, -0.15) is 9.67 Å². The lowest BCUT2D eigenvalue weighted by atomic mass is 10.1. The summed E-state index contributed by atoms with van der Waals surface area (Å²) < 4.78 is 1.57. The van der Waals surface area contributed by atoms with Crippen LogP contribution in [0.5, 0.6) is 0 Å². The second kappa shape index (κ2) is 4.76. The molecule has 0 amide bonds. The molecule has 1 saturated heterocycles. The summed E-state index contributed by atoms with van der Waals surface area (Å²) in [6.45, 7) is 1.98. The van der Waals surface area contributed by atoms with Gasteiger partial charge in [0.1, 0.15) is 0 Å². The Morgan fingerprint density at radius 3 is 2.67 bits per heavy atom. The maximum absolute atomic E-state index is 6.00. The Labute approximate surface area is 121 Å². The molecule has 0 bridgehead atoms. The molecule has 0 spiro atoms. The molecule has 1 aromatic carbocycles. The summed E-state index contributed by atoms with van der Waals surface area (Å²) in [5.41, 5.74) is 7.86. The van der Waals surface area contributed by atoms with E-state index in [1.807, 2.05) is 24.3 Å². The van der Waals surface area contributed by atoms with E-state index in [0.29, 0.717) is 17.8 Å². The Balaban J connectivity index is 1.72. The molecule has 0 radical (unpaired) electrons. The second-order valence-corrected chi connectivity index (χ2v) is 5.31. The maximum Gasteiger partial charge on any atom is 0.247 e. The number of hydrogen-bond donors (Lipinski definition) is 2. The molecule has 7 nitrogen and oxygen atoms in total. The van der Waals surface area contributed by atoms with E-state index in [9.17, 15) is 0 Å². The molecule has 0 saturated carbocycles. The van der Waals surface area contributed by atoms with Crippen molar-refractivity contribution in [3.8, 4) is 5.95 Å². The average Bonchev–Trinajstić information content (AvgIpc) is 3.11. The molecule has 0 aliphatic carbocycles. The summed E-state index contributed by atoms with van der Waals surface area (Å²) in [6.07, 6.45) is 3.63. The lowest BCUT2D eigenvalue weighted by Crippen LogP contribution is -2.30. The fourth-order valence-corrected chi connectivity index (χ4v) is 2.74. The molecule has 1 fully saturated rings. The van der Waals surface area contributed by atoms with Gasteiger partial charge >= 0.3 is 0 Å². The van der Waals surface area contributed by atoms with Gasteiger partial charge in [0.05, 0.1) is 11.0 Å². The van der Waals surface area contributed by atoms with Crippen molar-refractivity contribution >= 4 is 22.9 Å². The SMILES string of the molecule is Nc1nc(N2CCCCC2)nn1-c1nc2ccccc2[nH]1. The van der Waals surface area contributed by atoms with Gasteiger partial charge in [-0.25, -0.2) is 4.98 Å². The van der Waals surface area contributed by atoms with Crippen molar-refractivity contribution in [2.45, 2.75) is 19.3 Å². The standard InChI is InChI=1S/C14H17N7/c15-12-18-14(20-8-4-1-5-9-20)19-21(12)13-16-10-6-2-3-7-11(10)17-13/h2-3,6-7H,1,4-5,8-9H2,(H,16,17)(H2,15,18,19). The molecule has 4 rings (SSSR count). The Kier molecular flexibility index (Phi) is 2.77. The summed E-state index contributed by atoms with van der Waals surface area (Å²) in [5, 5.41) is 4.51. The highest BCUT2D eigenvalue weighted by Gasteiger charge is 2.18. The van der Waals surface area contributed by atoms with E-state index in [2.05, 4.69) is 25.0 Å². The van der Waals surface area contributed by atoms with E-state index in [4.69, 9.17) is 5.73 Å². The quantitative estimate of drug-likeness (QED) is 0.747. The number of para-hydroxylation sites is 2. The first-order valence-corrected chi connectivity index (χ1v) is 7.24. The first-order valence-electron chi connectivity index (χ1n) is 7.24. The molecular formula is C14H17N7. The molecule has 7 heteroatoms. The highest BCUT2D eigenvalue weighted by molar-refractivity contribution is 5.76. The van der Waals surface area contributed by atoms with Gasteiger partial charge in [0, 0.05) is 13.1 Å². The maximum atomic E-state index is 6.00. The molecule has 1 aliphatic heterocycles. The Hall–Kier alpha value is -2.57. The summed E-state index contributed by atoms with van der Waals surface area (Å²) in [4.78, 5) is 14.3. The number of nitrogens with two attached hydrogens (primary N) is 1. The van der Waals surface area contributed by atoms with E-state index < -0.39 is 0 Å². The third-order valence-corrected chi connectivity index (χ3v) is 3.84. The fourth-order valence-electron chi connectivity index (χ4n) is 2.74. The first-order chi connectivity index (χ1) is 10.3. The molecule has 2 aromatic heterocycles. The van der Waals surface area contributed by atoms with E-state index in [0.717, 1.165) is 24.1 Å². The van der Waals surface area contributed by atoms with Gasteiger partial charge in [0.2, 0.25) is 17.8 Å². The molecular weight excluding hydrogens is 266 g/mol. The Morgan fingerprint density at radius 2 is 1.86 bits per heavy atom. The van der Waals surface area contributed by atoms with Crippen LogP contribution in [0.25, 0.3) is 17.0 Å². The number of nitrogens with zero attached hydrogens (tertiary/aromatic N) is 5. The van der Waals surface area contributed by atoms with Crippen LogP contribution in [-0.2, 0) is 0 Å². The van der Waals surface area contributed by atoms with E-state index in [1.165, 1.54) is 19.3 Å². The van der Waals surface area contributed by atoms with E-state index in [-0.39, 0.29) is 0 Å². The number of piperidine rings is 1. The van der Waals surface area contributed by atoms with Gasteiger partial charge < -0.3 is 15.6 Å². The highest BCUT2D eigenvalue weighted by atomic mass is 15.5. The van der Waals surface area contributed by atoms with Crippen LogP contribution in [0.2, 0.25) is 0 Å². The minimum Gasteiger partial charge on any atom is -0.368 e. The number of aromatic nitrogens is 5. The zero-order valence-electron chi connectivity index (χ0n) is 11.7. The van der Waals surface area contributed by atoms with Crippen LogP contribution in [0.1, 0.15) is 19.3 Å². The normalized spacial score (nSPS) is 15.7.